The predicted octanol–water partition coefficient (Wildman–Crippen LogP) is 3.48. The zero-order valence-electron chi connectivity index (χ0n) is 14.1. The molecule has 0 saturated heterocycles. The van der Waals surface area contributed by atoms with E-state index >= 15 is 0 Å². The molecule has 0 bridgehead atoms. The number of likely N-dealkylation sites (N-methyl/N-ethyl adjacent to an activating group) is 1. The van der Waals surface area contributed by atoms with E-state index in [0.29, 0.717) is 17.4 Å². The van der Waals surface area contributed by atoms with Crippen molar-refractivity contribution in [3.63, 3.8) is 0 Å². The van der Waals surface area contributed by atoms with Gasteiger partial charge in [0.25, 0.3) is 0 Å². The summed E-state index contributed by atoms with van der Waals surface area (Å²) in [6.07, 6.45) is 6.90. The Morgan fingerprint density at radius 1 is 1.36 bits per heavy atom. The first-order valence-electron chi connectivity index (χ1n) is 7.83. The number of halogens is 1. The highest BCUT2D eigenvalue weighted by atomic mass is 35.5. The second-order valence-corrected chi connectivity index (χ2v) is 6.35. The minimum atomic E-state index is -0.0872. The normalized spacial score (nSPS) is 11.3. The van der Waals surface area contributed by atoms with E-state index in [4.69, 9.17) is 17.3 Å². The van der Waals surface area contributed by atoms with Gasteiger partial charge in [0.2, 0.25) is 5.91 Å². The second-order valence-electron chi connectivity index (χ2n) is 5.95. The van der Waals surface area contributed by atoms with Crippen molar-refractivity contribution < 1.29 is 4.79 Å². The molecule has 0 aliphatic rings. The molecule has 0 spiro atoms. The SMILES string of the molecule is CN(Cc1cn(C)c2c(Cl)cccc12)C(=O)/C=C/c1ccc(N)nc1. The summed E-state index contributed by atoms with van der Waals surface area (Å²) >= 11 is 6.28. The number of nitrogen functional groups attached to an aromatic ring is 1. The van der Waals surface area contributed by atoms with E-state index in [1.807, 2.05) is 42.1 Å². The Hall–Kier alpha value is -2.79. The first kappa shape index (κ1) is 17.0. The number of fused-ring (bicyclic) bond motifs is 1. The van der Waals surface area contributed by atoms with Crippen LogP contribution in [0, 0.1) is 0 Å². The zero-order valence-corrected chi connectivity index (χ0v) is 14.9. The lowest BCUT2D eigenvalue weighted by Gasteiger charge is -2.14. The maximum absolute atomic E-state index is 12.4. The predicted molar refractivity (Wildman–Crippen MR) is 102 cm³/mol. The Balaban J connectivity index is 1.76. The van der Waals surface area contributed by atoms with E-state index < -0.39 is 0 Å². The van der Waals surface area contributed by atoms with Gasteiger partial charge in [-0.3, -0.25) is 4.79 Å². The first-order chi connectivity index (χ1) is 12.0. The molecule has 1 amide bonds. The summed E-state index contributed by atoms with van der Waals surface area (Å²) in [4.78, 5) is 18.0. The molecule has 0 radical (unpaired) electrons. The van der Waals surface area contributed by atoms with Gasteiger partial charge in [0.05, 0.1) is 10.5 Å². The van der Waals surface area contributed by atoms with Crippen molar-refractivity contribution in [1.29, 1.82) is 0 Å². The number of nitrogens with zero attached hydrogens (tertiary/aromatic N) is 3. The molecular weight excluding hydrogens is 336 g/mol. The number of benzene rings is 1. The molecule has 0 aliphatic heterocycles. The number of rotatable bonds is 4. The molecule has 2 N–H and O–H groups in total. The number of aryl methyl sites for hydroxylation is 1. The molecule has 2 heterocycles. The minimum absolute atomic E-state index is 0.0872. The van der Waals surface area contributed by atoms with Crippen LogP contribution in [0.3, 0.4) is 0 Å². The van der Waals surface area contributed by atoms with Crippen LogP contribution in [0.1, 0.15) is 11.1 Å². The lowest BCUT2D eigenvalue weighted by molar-refractivity contribution is -0.125. The number of pyridine rings is 1. The molecule has 3 aromatic rings. The van der Waals surface area contributed by atoms with Gasteiger partial charge in [0.1, 0.15) is 5.82 Å². The molecule has 3 rings (SSSR count). The average Bonchev–Trinajstić information content (AvgIpc) is 2.91. The summed E-state index contributed by atoms with van der Waals surface area (Å²) in [7, 11) is 3.73. The molecule has 0 aliphatic carbocycles. The molecule has 25 heavy (non-hydrogen) atoms. The molecule has 128 valence electrons. The maximum atomic E-state index is 12.4. The van der Waals surface area contributed by atoms with E-state index in [9.17, 15) is 4.79 Å². The molecule has 6 heteroatoms. The Morgan fingerprint density at radius 2 is 2.16 bits per heavy atom. The van der Waals surface area contributed by atoms with Crippen molar-refractivity contribution in [1.82, 2.24) is 14.5 Å². The summed E-state index contributed by atoms with van der Waals surface area (Å²) in [6, 6.07) is 9.33. The fourth-order valence-electron chi connectivity index (χ4n) is 2.77. The smallest absolute Gasteiger partial charge is 0.246 e. The Bertz CT molecular complexity index is 944. The highest BCUT2D eigenvalue weighted by Gasteiger charge is 2.13. The first-order valence-corrected chi connectivity index (χ1v) is 8.20. The van der Waals surface area contributed by atoms with Crippen molar-refractivity contribution in [2.45, 2.75) is 6.54 Å². The van der Waals surface area contributed by atoms with Crippen LogP contribution in [0.4, 0.5) is 5.82 Å². The van der Waals surface area contributed by atoms with Crippen LogP contribution in [0.15, 0.2) is 48.8 Å². The van der Waals surface area contributed by atoms with Gasteiger partial charge in [0, 0.05) is 44.5 Å². The minimum Gasteiger partial charge on any atom is -0.384 e. The van der Waals surface area contributed by atoms with Gasteiger partial charge in [-0.15, -0.1) is 0 Å². The topological polar surface area (TPSA) is 64.2 Å². The number of hydrogen-bond acceptors (Lipinski definition) is 3. The number of anilines is 1. The van der Waals surface area contributed by atoms with Crippen LogP contribution in [-0.4, -0.2) is 27.4 Å². The summed E-state index contributed by atoms with van der Waals surface area (Å²) in [5.74, 6) is 0.367. The van der Waals surface area contributed by atoms with Gasteiger partial charge in [-0.05, 0) is 35.4 Å². The lowest BCUT2D eigenvalue weighted by Crippen LogP contribution is -2.24. The quantitative estimate of drug-likeness (QED) is 0.729. The number of nitrogens with two attached hydrogens (primary N) is 1. The Morgan fingerprint density at radius 3 is 2.88 bits per heavy atom. The van der Waals surface area contributed by atoms with E-state index in [0.717, 1.165) is 22.0 Å². The Labute approximate surface area is 151 Å². The lowest BCUT2D eigenvalue weighted by atomic mass is 10.1. The summed E-state index contributed by atoms with van der Waals surface area (Å²) < 4.78 is 1.99. The average molecular weight is 355 g/mol. The van der Waals surface area contributed by atoms with E-state index in [-0.39, 0.29) is 5.91 Å². The monoisotopic (exact) mass is 354 g/mol. The number of carbonyl (C=O) groups is 1. The number of amides is 1. The molecule has 0 atom stereocenters. The third-order valence-corrected chi connectivity index (χ3v) is 4.35. The van der Waals surface area contributed by atoms with Gasteiger partial charge in [-0.25, -0.2) is 4.98 Å². The fourth-order valence-corrected chi connectivity index (χ4v) is 3.08. The van der Waals surface area contributed by atoms with Crippen molar-refractivity contribution in [3.8, 4) is 0 Å². The number of para-hydroxylation sites is 1. The Kier molecular flexibility index (Phi) is 4.76. The van der Waals surface area contributed by atoms with E-state index in [1.165, 1.54) is 6.08 Å². The van der Waals surface area contributed by atoms with E-state index in [1.54, 1.807) is 30.3 Å². The van der Waals surface area contributed by atoms with Crippen molar-refractivity contribution in [2.75, 3.05) is 12.8 Å². The molecular formula is C19H19ClN4O. The molecule has 1 aromatic carbocycles. The number of aromatic nitrogens is 2. The van der Waals surface area contributed by atoms with Gasteiger partial charge in [0.15, 0.2) is 0 Å². The van der Waals surface area contributed by atoms with Crippen LogP contribution in [0.5, 0.6) is 0 Å². The summed E-state index contributed by atoms with van der Waals surface area (Å²) in [6.45, 7) is 0.501. The summed E-state index contributed by atoms with van der Waals surface area (Å²) in [5.41, 5.74) is 8.41. The number of carbonyl (C=O) groups excluding carboxylic acids is 1. The van der Waals surface area contributed by atoms with Crippen molar-refractivity contribution in [3.05, 3.63) is 65.0 Å². The zero-order chi connectivity index (χ0) is 18.0. The maximum Gasteiger partial charge on any atom is 0.246 e. The molecule has 0 unspecified atom stereocenters. The van der Waals surface area contributed by atoms with Gasteiger partial charge < -0.3 is 15.2 Å². The van der Waals surface area contributed by atoms with Gasteiger partial charge >= 0.3 is 0 Å². The fraction of sp³-hybridized carbons (Fsp3) is 0.158. The van der Waals surface area contributed by atoms with Crippen LogP contribution in [0.25, 0.3) is 17.0 Å². The number of hydrogen-bond donors (Lipinski definition) is 1. The molecule has 0 fully saturated rings. The van der Waals surface area contributed by atoms with Crippen LogP contribution < -0.4 is 5.73 Å². The van der Waals surface area contributed by atoms with Crippen LogP contribution in [-0.2, 0) is 18.4 Å². The molecule has 2 aromatic heterocycles. The van der Waals surface area contributed by atoms with Gasteiger partial charge in [-0.1, -0.05) is 23.7 Å². The summed E-state index contributed by atoms with van der Waals surface area (Å²) in [5, 5.41) is 1.76. The second kappa shape index (κ2) is 6.99. The third kappa shape index (κ3) is 3.67. The molecule has 0 saturated carbocycles. The van der Waals surface area contributed by atoms with E-state index in [2.05, 4.69) is 4.98 Å². The van der Waals surface area contributed by atoms with Crippen molar-refractivity contribution in [2.24, 2.45) is 7.05 Å². The van der Waals surface area contributed by atoms with Crippen LogP contribution in [0.2, 0.25) is 5.02 Å². The highest BCUT2D eigenvalue weighted by Crippen LogP contribution is 2.28. The van der Waals surface area contributed by atoms with Gasteiger partial charge in [-0.2, -0.15) is 0 Å². The standard InChI is InChI=1S/C19H19ClN4O/c1-23(18(25)9-7-13-6-8-17(21)22-10-13)11-14-12-24(2)19-15(14)4-3-5-16(19)20/h3-10,12H,11H2,1-2H3,(H2,21,22)/b9-7+. The largest absolute Gasteiger partial charge is 0.384 e. The van der Waals surface area contributed by atoms with Crippen molar-refractivity contribution >= 4 is 40.3 Å². The highest BCUT2D eigenvalue weighted by molar-refractivity contribution is 6.35. The third-order valence-electron chi connectivity index (χ3n) is 4.05. The molecule has 5 nitrogen and oxygen atoms in total. The van der Waals surface area contributed by atoms with Crippen LogP contribution >= 0.6 is 11.6 Å².